The maximum absolute atomic E-state index is 10.7. The molecule has 0 atom stereocenters. The third kappa shape index (κ3) is 8.65. The second-order valence-electron chi connectivity index (χ2n) is 2.12. The summed E-state index contributed by atoms with van der Waals surface area (Å²) in [4.78, 5) is 13.3. The fourth-order valence-electron chi connectivity index (χ4n) is 0.641. The SMILES string of the molecule is CCOC(=O)CCOCCN=[N+]=[N-]. The molecule has 0 saturated heterocycles. The monoisotopic (exact) mass is 187 g/mol. The number of azide groups is 1. The van der Waals surface area contributed by atoms with E-state index in [4.69, 9.17) is 10.3 Å². The highest BCUT2D eigenvalue weighted by atomic mass is 16.5. The first-order valence-electron chi connectivity index (χ1n) is 4.05. The first-order chi connectivity index (χ1) is 6.31. The van der Waals surface area contributed by atoms with E-state index in [1.54, 1.807) is 6.92 Å². The topological polar surface area (TPSA) is 84.3 Å². The van der Waals surface area contributed by atoms with Gasteiger partial charge in [-0.3, -0.25) is 4.79 Å². The molecule has 0 aliphatic rings. The summed E-state index contributed by atoms with van der Waals surface area (Å²) >= 11 is 0. The lowest BCUT2D eigenvalue weighted by Gasteiger charge is -2.01. The first-order valence-corrected chi connectivity index (χ1v) is 4.05. The maximum Gasteiger partial charge on any atom is 0.308 e. The molecule has 0 aliphatic heterocycles. The minimum atomic E-state index is -0.272. The zero-order valence-corrected chi connectivity index (χ0v) is 7.60. The standard InChI is InChI=1S/C7H13N3O3/c1-2-13-7(11)3-5-12-6-4-9-10-8/h2-6H2,1H3. The van der Waals surface area contributed by atoms with E-state index in [9.17, 15) is 4.79 Å². The molecule has 0 radical (unpaired) electrons. The number of nitrogens with zero attached hydrogens (tertiary/aromatic N) is 3. The molecule has 0 saturated carbocycles. The summed E-state index contributed by atoms with van der Waals surface area (Å²) in [5, 5.41) is 3.26. The van der Waals surface area contributed by atoms with Gasteiger partial charge in [0.15, 0.2) is 0 Å². The molecule has 0 bridgehead atoms. The molecular formula is C7H13N3O3. The van der Waals surface area contributed by atoms with Crippen LogP contribution in [-0.2, 0) is 14.3 Å². The van der Waals surface area contributed by atoms with Crippen molar-refractivity contribution in [1.29, 1.82) is 0 Å². The van der Waals surface area contributed by atoms with Crippen LogP contribution in [-0.4, -0.2) is 32.3 Å². The average molecular weight is 187 g/mol. The number of ether oxygens (including phenoxy) is 2. The lowest BCUT2D eigenvalue weighted by molar-refractivity contribution is -0.144. The Kier molecular flexibility index (Phi) is 7.98. The van der Waals surface area contributed by atoms with E-state index < -0.39 is 0 Å². The summed E-state index contributed by atoms with van der Waals surface area (Å²) in [6.07, 6.45) is 0.240. The molecule has 0 aromatic heterocycles. The van der Waals surface area contributed by atoms with Gasteiger partial charge in [-0.05, 0) is 12.5 Å². The maximum atomic E-state index is 10.7. The van der Waals surface area contributed by atoms with Crippen molar-refractivity contribution >= 4 is 5.97 Å². The summed E-state index contributed by atoms with van der Waals surface area (Å²) in [6, 6.07) is 0. The molecule has 6 heteroatoms. The fourth-order valence-corrected chi connectivity index (χ4v) is 0.641. The Morgan fingerprint density at radius 3 is 2.92 bits per heavy atom. The van der Waals surface area contributed by atoms with Gasteiger partial charge in [0, 0.05) is 11.5 Å². The molecule has 0 N–H and O–H groups in total. The number of rotatable bonds is 7. The number of hydrogen-bond donors (Lipinski definition) is 0. The summed E-state index contributed by atoms with van der Waals surface area (Å²) < 4.78 is 9.66. The van der Waals surface area contributed by atoms with Gasteiger partial charge in [0.05, 0.1) is 26.2 Å². The largest absolute Gasteiger partial charge is 0.466 e. The van der Waals surface area contributed by atoms with Crippen molar-refractivity contribution in [3.05, 3.63) is 10.4 Å². The Labute approximate surface area is 76.5 Å². The lowest BCUT2D eigenvalue weighted by Crippen LogP contribution is -2.09. The van der Waals surface area contributed by atoms with Crippen molar-refractivity contribution < 1.29 is 14.3 Å². The van der Waals surface area contributed by atoms with E-state index >= 15 is 0 Å². The molecule has 74 valence electrons. The summed E-state index contributed by atoms with van der Waals surface area (Å²) in [7, 11) is 0. The quantitative estimate of drug-likeness (QED) is 0.198. The molecule has 0 fully saturated rings. The van der Waals surface area contributed by atoms with Crippen LogP contribution < -0.4 is 0 Å². The minimum Gasteiger partial charge on any atom is -0.466 e. The van der Waals surface area contributed by atoms with Gasteiger partial charge in [-0.25, -0.2) is 0 Å². The number of hydrogen-bond acceptors (Lipinski definition) is 4. The van der Waals surface area contributed by atoms with Gasteiger partial charge in [0.25, 0.3) is 0 Å². The van der Waals surface area contributed by atoms with E-state index in [0.717, 1.165) is 0 Å². The number of carbonyl (C=O) groups excluding carboxylic acids is 1. The zero-order chi connectivity index (χ0) is 9.94. The normalized spacial score (nSPS) is 9.00. The van der Waals surface area contributed by atoms with Gasteiger partial charge in [-0.2, -0.15) is 0 Å². The highest BCUT2D eigenvalue weighted by Crippen LogP contribution is 1.88. The Morgan fingerprint density at radius 2 is 2.31 bits per heavy atom. The Balaban J connectivity index is 3.15. The summed E-state index contributed by atoms with van der Waals surface area (Å²) in [6.45, 7) is 3.07. The van der Waals surface area contributed by atoms with Crippen molar-refractivity contribution in [2.75, 3.05) is 26.4 Å². The molecule has 0 aromatic rings. The molecule has 0 spiro atoms. The first kappa shape index (κ1) is 11.7. The van der Waals surface area contributed by atoms with Crippen molar-refractivity contribution in [2.45, 2.75) is 13.3 Å². The van der Waals surface area contributed by atoms with E-state index in [-0.39, 0.29) is 12.4 Å². The van der Waals surface area contributed by atoms with Gasteiger partial charge in [0.2, 0.25) is 0 Å². The zero-order valence-electron chi connectivity index (χ0n) is 7.60. The van der Waals surface area contributed by atoms with Crippen LogP contribution in [0.4, 0.5) is 0 Å². The summed E-state index contributed by atoms with van der Waals surface area (Å²) in [5.74, 6) is -0.272. The van der Waals surface area contributed by atoms with Gasteiger partial charge < -0.3 is 9.47 Å². The van der Waals surface area contributed by atoms with Gasteiger partial charge in [-0.15, -0.1) is 0 Å². The molecule has 0 heterocycles. The van der Waals surface area contributed by atoms with Crippen molar-refractivity contribution in [3.63, 3.8) is 0 Å². The van der Waals surface area contributed by atoms with Gasteiger partial charge in [0.1, 0.15) is 0 Å². The van der Waals surface area contributed by atoms with Crippen LogP contribution in [0.2, 0.25) is 0 Å². The molecule has 6 nitrogen and oxygen atoms in total. The summed E-state index contributed by atoms with van der Waals surface area (Å²) in [5.41, 5.74) is 7.91. The van der Waals surface area contributed by atoms with Crippen molar-refractivity contribution in [2.24, 2.45) is 5.11 Å². The highest BCUT2D eigenvalue weighted by Gasteiger charge is 1.99. The van der Waals surface area contributed by atoms with E-state index in [0.29, 0.717) is 26.4 Å². The van der Waals surface area contributed by atoms with Crippen LogP contribution in [0.1, 0.15) is 13.3 Å². The third-order valence-corrected chi connectivity index (χ3v) is 1.15. The van der Waals surface area contributed by atoms with Crippen molar-refractivity contribution in [3.8, 4) is 0 Å². The van der Waals surface area contributed by atoms with Gasteiger partial charge in [-0.1, -0.05) is 5.11 Å². The highest BCUT2D eigenvalue weighted by molar-refractivity contribution is 5.69. The lowest BCUT2D eigenvalue weighted by atomic mass is 10.5. The Bertz CT molecular complexity index is 189. The molecule has 0 aliphatic carbocycles. The second kappa shape index (κ2) is 8.83. The van der Waals surface area contributed by atoms with Crippen LogP contribution in [0, 0.1) is 0 Å². The van der Waals surface area contributed by atoms with E-state index in [1.807, 2.05) is 0 Å². The second-order valence-corrected chi connectivity index (χ2v) is 2.12. The molecule has 13 heavy (non-hydrogen) atoms. The number of carbonyl (C=O) groups is 1. The van der Waals surface area contributed by atoms with Crippen LogP contribution in [0.3, 0.4) is 0 Å². The molecule has 0 unspecified atom stereocenters. The number of esters is 1. The van der Waals surface area contributed by atoms with Crippen molar-refractivity contribution in [1.82, 2.24) is 0 Å². The Hall–Kier alpha value is -1.26. The fraction of sp³-hybridized carbons (Fsp3) is 0.857. The smallest absolute Gasteiger partial charge is 0.308 e. The Morgan fingerprint density at radius 1 is 1.54 bits per heavy atom. The molecule has 0 aromatic carbocycles. The minimum absolute atomic E-state index is 0.240. The molecule has 0 amide bonds. The van der Waals surface area contributed by atoms with Gasteiger partial charge >= 0.3 is 5.97 Å². The predicted octanol–water partition coefficient (Wildman–Crippen LogP) is 1.27. The average Bonchev–Trinajstić information content (AvgIpc) is 2.11. The predicted molar refractivity (Wildman–Crippen MR) is 46.1 cm³/mol. The van der Waals surface area contributed by atoms with Crippen LogP contribution in [0.25, 0.3) is 10.4 Å². The third-order valence-electron chi connectivity index (χ3n) is 1.15. The van der Waals surface area contributed by atoms with E-state index in [1.165, 1.54) is 0 Å². The molecule has 0 rings (SSSR count). The molecular weight excluding hydrogens is 174 g/mol. The van der Waals surface area contributed by atoms with Crippen LogP contribution >= 0.6 is 0 Å². The van der Waals surface area contributed by atoms with Crippen LogP contribution in [0.15, 0.2) is 5.11 Å². The van der Waals surface area contributed by atoms with Crippen LogP contribution in [0.5, 0.6) is 0 Å². The van der Waals surface area contributed by atoms with E-state index in [2.05, 4.69) is 14.8 Å².